The lowest BCUT2D eigenvalue weighted by atomic mass is 9.70. The Hall–Kier alpha value is -2.11. The van der Waals surface area contributed by atoms with E-state index >= 15 is 0 Å². The number of hydrogen-bond donors (Lipinski definition) is 1. The molecule has 0 spiro atoms. The molecule has 0 radical (unpaired) electrons. The van der Waals surface area contributed by atoms with Crippen LogP contribution in [0.15, 0.2) is 24.3 Å². The maximum Gasteiger partial charge on any atom is 0.312 e. The third-order valence-electron chi connectivity index (χ3n) is 14.6. The fraction of sp³-hybridized carbons (Fsp3) is 0.896. The average Bonchev–Trinajstić information content (AvgIpc) is 3.36. The molecule has 1 unspecified atom stereocenters. The highest BCUT2D eigenvalue weighted by atomic mass is 16.5. The summed E-state index contributed by atoms with van der Waals surface area (Å²) in [6.07, 6.45) is 67.6. The number of carboxylic acid groups (broad SMARTS) is 1. The normalized spacial score (nSPS) is 12.3. The Balaban J connectivity index is -0.00000102. The molecule has 0 rings (SSSR count). The second-order valence-corrected chi connectivity index (χ2v) is 22.5. The van der Waals surface area contributed by atoms with E-state index in [0.717, 1.165) is 57.8 Å². The molecule has 0 fully saturated rings. The molecule has 1 N–H and O–H groups in total. The van der Waals surface area contributed by atoms with Crippen LogP contribution in [0, 0.1) is 11.3 Å². The zero-order chi connectivity index (χ0) is 54.6. The van der Waals surface area contributed by atoms with Gasteiger partial charge in [0.2, 0.25) is 0 Å². The summed E-state index contributed by atoms with van der Waals surface area (Å²) in [6, 6.07) is 0. The molecule has 0 aromatic carbocycles. The molecule has 0 aliphatic rings. The Kier molecular flexibility index (Phi) is 64.2. The van der Waals surface area contributed by atoms with Crippen LogP contribution >= 0.6 is 0 Å². The summed E-state index contributed by atoms with van der Waals surface area (Å²) in [7, 11) is 0. The second kappa shape index (κ2) is 62.4. The zero-order valence-corrected chi connectivity index (χ0v) is 50.9. The maximum absolute atomic E-state index is 12.8. The van der Waals surface area contributed by atoms with Crippen molar-refractivity contribution >= 4 is 17.9 Å². The van der Waals surface area contributed by atoms with Gasteiger partial charge in [-0.25, -0.2) is 0 Å². The molecular formula is C67H130O6. The van der Waals surface area contributed by atoms with Crippen LogP contribution in [0.1, 0.15) is 364 Å². The van der Waals surface area contributed by atoms with Gasteiger partial charge in [0, 0.05) is 12.8 Å². The molecule has 0 saturated carbocycles. The molecule has 0 amide bonds. The Labute approximate surface area is 457 Å². The van der Waals surface area contributed by atoms with Crippen LogP contribution in [0.2, 0.25) is 0 Å². The van der Waals surface area contributed by atoms with Gasteiger partial charge in [-0.2, -0.15) is 0 Å². The van der Waals surface area contributed by atoms with Crippen molar-refractivity contribution in [3.8, 4) is 0 Å². The van der Waals surface area contributed by atoms with Crippen molar-refractivity contribution in [1.29, 1.82) is 0 Å². The first-order valence-corrected chi connectivity index (χ1v) is 32.4. The lowest BCUT2D eigenvalue weighted by Gasteiger charge is -2.36. The molecule has 0 aliphatic heterocycles. The lowest BCUT2D eigenvalue weighted by molar-refractivity contribution is -0.164. The molecule has 0 aromatic rings. The Bertz CT molecular complexity index is 1170. The van der Waals surface area contributed by atoms with Gasteiger partial charge < -0.3 is 14.6 Å². The third kappa shape index (κ3) is 59.0. The topological polar surface area (TPSA) is 89.9 Å². The van der Waals surface area contributed by atoms with Gasteiger partial charge in [-0.15, -0.1) is 0 Å². The number of ether oxygens (including phenoxy) is 2. The molecular weight excluding hydrogens is 901 g/mol. The highest BCUT2D eigenvalue weighted by Gasteiger charge is 2.41. The van der Waals surface area contributed by atoms with Crippen LogP contribution in [0.4, 0.5) is 0 Å². The number of hydrogen-bond acceptors (Lipinski definition) is 5. The largest absolute Gasteiger partial charge is 0.481 e. The monoisotopic (exact) mass is 1030 g/mol. The molecule has 0 aliphatic carbocycles. The third-order valence-corrected chi connectivity index (χ3v) is 14.6. The van der Waals surface area contributed by atoms with Gasteiger partial charge in [0.25, 0.3) is 0 Å². The predicted molar refractivity (Wildman–Crippen MR) is 321 cm³/mol. The molecule has 0 saturated heterocycles. The number of carboxylic acids is 1. The Morgan fingerprint density at radius 3 is 1.01 bits per heavy atom. The van der Waals surface area contributed by atoms with Crippen LogP contribution in [0.3, 0.4) is 0 Å². The van der Waals surface area contributed by atoms with Crippen LogP contribution in [-0.2, 0) is 23.9 Å². The first kappa shape index (κ1) is 75.1. The first-order valence-electron chi connectivity index (χ1n) is 32.4. The van der Waals surface area contributed by atoms with E-state index in [4.69, 9.17) is 14.6 Å². The summed E-state index contributed by atoms with van der Waals surface area (Å²) < 4.78 is 10.8. The van der Waals surface area contributed by atoms with Crippen LogP contribution in [0.25, 0.3) is 0 Å². The van der Waals surface area contributed by atoms with E-state index in [0.29, 0.717) is 25.4 Å². The second-order valence-electron chi connectivity index (χ2n) is 22.5. The molecule has 0 heterocycles. The number of esters is 2. The zero-order valence-electron chi connectivity index (χ0n) is 50.9. The van der Waals surface area contributed by atoms with Gasteiger partial charge in [0.15, 0.2) is 0 Å². The molecule has 434 valence electrons. The van der Waals surface area contributed by atoms with Gasteiger partial charge in [-0.1, -0.05) is 278 Å². The fourth-order valence-corrected chi connectivity index (χ4v) is 9.64. The van der Waals surface area contributed by atoms with E-state index in [1.165, 1.54) is 231 Å². The average molecular weight is 1030 g/mol. The van der Waals surface area contributed by atoms with E-state index in [9.17, 15) is 14.4 Å². The van der Waals surface area contributed by atoms with Gasteiger partial charge in [0.1, 0.15) is 0 Å². The maximum atomic E-state index is 12.8. The van der Waals surface area contributed by atoms with Gasteiger partial charge in [0.05, 0.1) is 18.1 Å². The summed E-state index contributed by atoms with van der Waals surface area (Å²) in [5, 5.41) is 8.51. The molecule has 73 heavy (non-hydrogen) atoms. The molecule has 1 atom stereocenters. The summed E-state index contributed by atoms with van der Waals surface area (Å²) in [6.45, 7) is 20.0. The van der Waals surface area contributed by atoms with Crippen LogP contribution in [-0.4, -0.2) is 35.7 Å². The molecule has 6 nitrogen and oxygen atoms in total. The Morgan fingerprint density at radius 1 is 0.384 bits per heavy atom. The summed E-state index contributed by atoms with van der Waals surface area (Å²) >= 11 is 0. The number of allylic oxidation sites excluding steroid dienone is 4. The quantitative estimate of drug-likeness (QED) is 0.0371. The minimum atomic E-state index is -0.664. The predicted octanol–water partition coefficient (Wildman–Crippen LogP) is 22.7. The Morgan fingerprint density at radius 2 is 0.699 bits per heavy atom. The number of aliphatic carboxylic acids is 1. The first-order chi connectivity index (χ1) is 35.5. The van der Waals surface area contributed by atoms with Gasteiger partial charge in [-0.3, -0.25) is 14.4 Å². The number of rotatable bonds is 53. The smallest absolute Gasteiger partial charge is 0.312 e. The standard InChI is InChI=1S/C27H52O2.C22H44O2.C18H34O2/c1-7-9-10-11-12-13-14-15-16-17-18-19-20-21-23-27(22-8-2,24(3)4)26(28)29-25(5)6;1-3-5-7-8-9-10-11-12-13-14-15-16-17-18-19-20-22(23)24-21-6-4-2;1-2-3-4-5-6-7-8-9-10-11-12-13-14-15-16-17-18(19)20/h15-16,24-25H,7-14,17-23H2,1-6H3;3-21H2,1-2H3;9-10H,2-8,11-17H2,1H3,(H,19,20). The van der Waals surface area contributed by atoms with Gasteiger partial charge in [-0.05, 0) is 103 Å². The molecule has 6 heteroatoms. The number of unbranched alkanes of at least 4 members (excludes halogenated alkanes) is 36. The minimum absolute atomic E-state index is 0.00172. The van der Waals surface area contributed by atoms with Crippen molar-refractivity contribution in [2.45, 2.75) is 370 Å². The van der Waals surface area contributed by atoms with Crippen molar-refractivity contribution in [2.75, 3.05) is 6.61 Å². The van der Waals surface area contributed by atoms with E-state index < -0.39 is 5.97 Å². The molecule has 0 aromatic heterocycles. The fourth-order valence-electron chi connectivity index (χ4n) is 9.64. The van der Waals surface area contributed by atoms with Crippen molar-refractivity contribution in [3.05, 3.63) is 24.3 Å². The summed E-state index contributed by atoms with van der Waals surface area (Å²) in [4.78, 5) is 34.6. The van der Waals surface area contributed by atoms with Gasteiger partial charge >= 0.3 is 17.9 Å². The van der Waals surface area contributed by atoms with Crippen molar-refractivity contribution in [2.24, 2.45) is 11.3 Å². The highest BCUT2D eigenvalue weighted by Crippen LogP contribution is 2.40. The van der Waals surface area contributed by atoms with Crippen molar-refractivity contribution < 1.29 is 29.0 Å². The van der Waals surface area contributed by atoms with Crippen LogP contribution in [0.5, 0.6) is 0 Å². The SMILES string of the molecule is CCCCCCCCC=CCCCCCCC(CCC)(C(=O)OC(C)C)C(C)C.CCCCCCCCC=CCCCCCCCC(=O)O.CCCCCCCCCCCCCCCCCC(=O)OCCCC. The van der Waals surface area contributed by atoms with E-state index in [1.54, 1.807) is 0 Å². The number of carbonyl (C=O) groups excluding carboxylic acids is 2. The lowest BCUT2D eigenvalue weighted by Crippen LogP contribution is -2.39. The summed E-state index contributed by atoms with van der Waals surface area (Å²) in [5.74, 6) is -0.304. The highest BCUT2D eigenvalue weighted by molar-refractivity contribution is 5.77. The number of carbonyl (C=O) groups is 3. The van der Waals surface area contributed by atoms with E-state index in [2.05, 4.69) is 72.8 Å². The van der Waals surface area contributed by atoms with E-state index in [-0.39, 0.29) is 23.5 Å². The minimum Gasteiger partial charge on any atom is -0.481 e. The summed E-state index contributed by atoms with van der Waals surface area (Å²) in [5.41, 5.74) is -0.296. The van der Waals surface area contributed by atoms with Crippen molar-refractivity contribution in [3.63, 3.8) is 0 Å². The van der Waals surface area contributed by atoms with Crippen molar-refractivity contribution in [1.82, 2.24) is 0 Å². The van der Waals surface area contributed by atoms with E-state index in [1.807, 2.05) is 13.8 Å². The van der Waals surface area contributed by atoms with Crippen LogP contribution < -0.4 is 0 Å². The molecule has 0 bridgehead atoms.